The van der Waals surface area contributed by atoms with E-state index in [2.05, 4.69) is 32.9 Å². The number of rotatable bonds is 6. The molecule has 0 fully saturated rings. The van der Waals surface area contributed by atoms with E-state index >= 15 is 0 Å². The van der Waals surface area contributed by atoms with Crippen molar-refractivity contribution in [1.82, 2.24) is 0 Å². The fraction of sp³-hybridized carbons (Fsp3) is 0.818. The Morgan fingerprint density at radius 3 is 2.27 bits per heavy atom. The highest BCUT2D eigenvalue weighted by molar-refractivity contribution is 4.84. The SMILES string of the molecule is CC=CC(CCC)CCCC. The van der Waals surface area contributed by atoms with Crippen LogP contribution in [-0.2, 0) is 0 Å². The number of unbranched alkanes of at least 4 members (excludes halogenated alkanes) is 1. The van der Waals surface area contributed by atoms with Crippen molar-refractivity contribution in [2.75, 3.05) is 0 Å². The smallest absolute Gasteiger partial charge is 0.0234 e. The molecule has 0 spiro atoms. The summed E-state index contributed by atoms with van der Waals surface area (Å²) >= 11 is 0. The van der Waals surface area contributed by atoms with Crippen LogP contribution in [0.4, 0.5) is 0 Å². The summed E-state index contributed by atoms with van der Waals surface area (Å²) in [5.74, 6) is 0.852. The lowest BCUT2D eigenvalue weighted by Gasteiger charge is -2.09. The molecule has 0 aliphatic heterocycles. The van der Waals surface area contributed by atoms with Gasteiger partial charge in [0.15, 0.2) is 0 Å². The molecule has 0 N–H and O–H groups in total. The molecule has 11 heavy (non-hydrogen) atoms. The molecule has 0 aromatic carbocycles. The van der Waals surface area contributed by atoms with Crippen LogP contribution in [0, 0.1) is 5.92 Å². The van der Waals surface area contributed by atoms with Crippen LogP contribution in [-0.4, -0.2) is 0 Å². The molecule has 0 saturated carbocycles. The fourth-order valence-electron chi connectivity index (χ4n) is 1.45. The first-order valence-electron chi connectivity index (χ1n) is 4.97. The van der Waals surface area contributed by atoms with Gasteiger partial charge in [0.2, 0.25) is 0 Å². The lowest BCUT2D eigenvalue weighted by Crippen LogP contribution is -1.95. The van der Waals surface area contributed by atoms with Gasteiger partial charge in [0.1, 0.15) is 0 Å². The molecular weight excluding hydrogens is 132 g/mol. The molecular formula is C11H22. The summed E-state index contributed by atoms with van der Waals surface area (Å²) in [6, 6.07) is 0. The number of hydrogen-bond acceptors (Lipinski definition) is 0. The summed E-state index contributed by atoms with van der Waals surface area (Å²) in [5, 5.41) is 0. The Labute approximate surface area is 71.7 Å². The predicted molar refractivity (Wildman–Crippen MR) is 52.7 cm³/mol. The largest absolute Gasteiger partial charge is 0.0914 e. The second-order valence-corrected chi connectivity index (χ2v) is 3.22. The third-order valence-electron chi connectivity index (χ3n) is 2.05. The van der Waals surface area contributed by atoms with Crippen molar-refractivity contribution in [1.29, 1.82) is 0 Å². The van der Waals surface area contributed by atoms with Crippen LogP contribution in [0.1, 0.15) is 52.9 Å². The molecule has 1 unspecified atom stereocenters. The molecule has 0 nitrogen and oxygen atoms in total. The second kappa shape index (κ2) is 7.84. The topological polar surface area (TPSA) is 0 Å². The number of allylic oxidation sites excluding steroid dienone is 2. The molecule has 0 bridgehead atoms. The predicted octanol–water partition coefficient (Wildman–Crippen LogP) is 4.17. The molecule has 0 heteroatoms. The average molecular weight is 154 g/mol. The van der Waals surface area contributed by atoms with Crippen molar-refractivity contribution in [2.45, 2.75) is 52.9 Å². The van der Waals surface area contributed by atoms with Crippen LogP contribution in [0.5, 0.6) is 0 Å². The van der Waals surface area contributed by atoms with E-state index in [1.807, 2.05) is 0 Å². The van der Waals surface area contributed by atoms with Gasteiger partial charge < -0.3 is 0 Å². The van der Waals surface area contributed by atoms with Gasteiger partial charge >= 0.3 is 0 Å². The third-order valence-corrected chi connectivity index (χ3v) is 2.05. The van der Waals surface area contributed by atoms with Gasteiger partial charge in [0.25, 0.3) is 0 Å². The zero-order valence-corrected chi connectivity index (χ0v) is 8.27. The van der Waals surface area contributed by atoms with Crippen LogP contribution in [0.3, 0.4) is 0 Å². The fourth-order valence-corrected chi connectivity index (χ4v) is 1.45. The monoisotopic (exact) mass is 154 g/mol. The molecule has 0 heterocycles. The summed E-state index contributed by atoms with van der Waals surface area (Å²) in [5.41, 5.74) is 0. The maximum atomic E-state index is 2.36. The second-order valence-electron chi connectivity index (χ2n) is 3.22. The highest BCUT2D eigenvalue weighted by atomic mass is 14.1. The summed E-state index contributed by atoms with van der Waals surface area (Å²) in [6.07, 6.45) is 11.3. The molecule has 1 atom stereocenters. The van der Waals surface area contributed by atoms with E-state index in [4.69, 9.17) is 0 Å². The Morgan fingerprint density at radius 1 is 1.09 bits per heavy atom. The normalized spacial score (nSPS) is 14.1. The van der Waals surface area contributed by atoms with Crippen molar-refractivity contribution in [2.24, 2.45) is 5.92 Å². The standard InChI is InChI=1S/C11H22/c1-4-7-10-11(8-5-2)9-6-3/h5,8,11H,4,6-7,9-10H2,1-3H3. The molecule has 0 amide bonds. The molecule has 66 valence electrons. The van der Waals surface area contributed by atoms with Gasteiger partial charge in [-0.1, -0.05) is 45.3 Å². The van der Waals surface area contributed by atoms with Gasteiger partial charge in [0.05, 0.1) is 0 Å². The van der Waals surface area contributed by atoms with E-state index < -0.39 is 0 Å². The van der Waals surface area contributed by atoms with Crippen LogP contribution < -0.4 is 0 Å². The summed E-state index contributed by atoms with van der Waals surface area (Å²) < 4.78 is 0. The van der Waals surface area contributed by atoms with Crippen molar-refractivity contribution in [3.8, 4) is 0 Å². The van der Waals surface area contributed by atoms with E-state index in [1.54, 1.807) is 0 Å². The zero-order chi connectivity index (χ0) is 8.53. The van der Waals surface area contributed by atoms with Gasteiger partial charge in [0, 0.05) is 0 Å². The summed E-state index contributed by atoms with van der Waals surface area (Å²) in [7, 11) is 0. The van der Waals surface area contributed by atoms with Gasteiger partial charge in [-0.25, -0.2) is 0 Å². The van der Waals surface area contributed by atoms with E-state index in [0.29, 0.717) is 0 Å². The van der Waals surface area contributed by atoms with Gasteiger partial charge in [-0.15, -0.1) is 0 Å². The van der Waals surface area contributed by atoms with Gasteiger partial charge in [-0.3, -0.25) is 0 Å². The number of hydrogen-bond donors (Lipinski definition) is 0. The van der Waals surface area contributed by atoms with Gasteiger partial charge in [-0.05, 0) is 25.7 Å². The highest BCUT2D eigenvalue weighted by Gasteiger charge is 2.00. The van der Waals surface area contributed by atoms with Crippen molar-refractivity contribution in [3.05, 3.63) is 12.2 Å². The lowest BCUT2D eigenvalue weighted by atomic mass is 9.97. The maximum Gasteiger partial charge on any atom is -0.0234 e. The van der Waals surface area contributed by atoms with E-state index in [-0.39, 0.29) is 0 Å². The Kier molecular flexibility index (Phi) is 7.66. The van der Waals surface area contributed by atoms with Crippen LogP contribution in [0.25, 0.3) is 0 Å². The molecule has 0 aromatic heterocycles. The summed E-state index contributed by atoms with van der Waals surface area (Å²) in [6.45, 7) is 6.65. The highest BCUT2D eigenvalue weighted by Crippen LogP contribution is 2.15. The first-order chi connectivity index (χ1) is 5.35. The van der Waals surface area contributed by atoms with Crippen molar-refractivity contribution < 1.29 is 0 Å². The molecule has 0 radical (unpaired) electrons. The first-order valence-corrected chi connectivity index (χ1v) is 4.97. The van der Waals surface area contributed by atoms with Crippen LogP contribution in [0.2, 0.25) is 0 Å². The molecule has 0 aliphatic carbocycles. The Morgan fingerprint density at radius 2 is 1.82 bits per heavy atom. The minimum atomic E-state index is 0.852. The molecule has 0 aromatic rings. The quantitative estimate of drug-likeness (QED) is 0.504. The van der Waals surface area contributed by atoms with E-state index in [0.717, 1.165) is 5.92 Å². The Balaban J connectivity index is 3.51. The maximum absolute atomic E-state index is 2.36. The first kappa shape index (κ1) is 10.7. The van der Waals surface area contributed by atoms with Gasteiger partial charge in [-0.2, -0.15) is 0 Å². The Hall–Kier alpha value is -0.260. The Bertz CT molecular complexity index is 92.2. The molecule has 0 aliphatic rings. The molecule has 0 rings (SSSR count). The van der Waals surface area contributed by atoms with E-state index in [9.17, 15) is 0 Å². The zero-order valence-electron chi connectivity index (χ0n) is 8.27. The van der Waals surface area contributed by atoms with Crippen molar-refractivity contribution in [3.63, 3.8) is 0 Å². The minimum absolute atomic E-state index is 0.852. The lowest BCUT2D eigenvalue weighted by molar-refractivity contribution is 0.512. The molecule has 0 saturated heterocycles. The van der Waals surface area contributed by atoms with Crippen LogP contribution in [0.15, 0.2) is 12.2 Å². The summed E-state index contributed by atoms with van der Waals surface area (Å²) in [4.78, 5) is 0. The average Bonchev–Trinajstić information content (AvgIpc) is 2.01. The van der Waals surface area contributed by atoms with E-state index in [1.165, 1.54) is 32.1 Å². The van der Waals surface area contributed by atoms with Crippen molar-refractivity contribution >= 4 is 0 Å². The van der Waals surface area contributed by atoms with Crippen LogP contribution >= 0.6 is 0 Å². The minimum Gasteiger partial charge on any atom is -0.0914 e. The third kappa shape index (κ3) is 6.15.